The van der Waals surface area contributed by atoms with E-state index in [0.29, 0.717) is 0 Å². The van der Waals surface area contributed by atoms with E-state index in [-0.39, 0.29) is 41.7 Å². The van der Waals surface area contributed by atoms with Gasteiger partial charge in [-0.25, -0.2) is 0 Å². The van der Waals surface area contributed by atoms with Crippen molar-refractivity contribution in [1.82, 2.24) is 0 Å². The van der Waals surface area contributed by atoms with Crippen molar-refractivity contribution in [3.05, 3.63) is 0 Å². The summed E-state index contributed by atoms with van der Waals surface area (Å²) < 4.78 is 68.8. The van der Waals surface area contributed by atoms with E-state index < -0.39 is 26.7 Å². The molecule has 0 spiro atoms. The van der Waals surface area contributed by atoms with Gasteiger partial charge in [-0.2, -0.15) is 0 Å². The molecule has 11 heteroatoms. The molecule has 0 aliphatic rings. The van der Waals surface area contributed by atoms with Crippen molar-refractivity contribution in [2.75, 3.05) is 0 Å². The monoisotopic (exact) mass is 428 g/mol. The van der Waals surface area contributed by atoms with Gasteiger partial charge in [-0.3, -0.25) is 0 Å². The van der Waals surface area contributed by atoms with Crippen LogP contribution in [0.25, 0.3) is 0 Å². The van der Waals surface area contributed by atoms with Crippen LogP contribution in [-0.4, -0.2) is 26.7 Å². The maximum absolute atomic E-state index is 8.59. The predicted molar refractivity (Wildman–Crippen MR) is 14.3 cm³/mol. The molecule has 0 aliphatic heterocycles. The summed E-state index contributed by atoms with van der Waals surface area (Å²) in [7, 11) is 0. The molecule has 11 heavy (non-hydrogen) atoms. The fourth-order valence-electron chi connectivity index (χ4n) is 0. The van der Waals surface area contributed by atoms with Gasteiger partial charge in [-0.05, 0) is 0 Å². The van der Waals surface area contributed by atoms with Gasteiger partial charge in [0.05, 0.1) is 0 Å². The van der Waals surface area contributed by atoms with E-state index in [0.717, 1.165) is 0 Å². The Morgan fingerprint density at radius 3 is 0.636 bits per heavy atom. The summed E-state index contributed by atoms with van der Waals surface area (Å²) in [5.74, 6) is 0. The minimum Gasteiger partial charge on any atom is 4.00 e. The summed E-state index contributed by atoms with van der Waals surface area (Å²) >= 11 is -11.5. The van der Waals surface area contributed by atoms with Gasteiger partial charge in [0, 0.05) is 0 Å². The molecule has 0 bridgehead atoms. The van der Waals surface area contributed by atoms with Gasteiger partial charge in [-0.15, -0.1) is 0 Å². The van der Waals surface area contributed by atoms with Crippen molar-refractivity contribution < 1.29 is 73.8 Å². The fourth-order valence-corrected chi connectivity index (χ4v) is 0. The largest absolute Gasteiger partial charge is 4.00 e. The molecule has 0 saturated heterocycles. The van der Waals surface area contributed by atoms with E-state index in [9.17, 15) is 0 Å². The Balaban J connectivity index is -0.000000107. The van der Waals surface area contributed by atoms with Crippen LogP contribution in [0, 0.1) is 41.7 Å². The van der Waals surface area contributed by atoms with Crippen molar-refractivity contribution in [1.29, 1.82) is 0 Å². The van der Waals surface area contributed by atoms with Crippen molar-refractivity contribution in [3.63, 3.8) is 0 Å². The fraction of sp³-hybridized carbons (Fsp3) is 0. The van der Waals surface area contributed by atoms with Crippen LogP contribution < -0.4 is 16.8 Å². The second-order valence-corrected chi connectivity index (χ2v) is 4.24. The second kappa shape index (κ2) is 6.92. The van der Waals surface area contributed by atoms with Crippen LogP contribution in [0.1, 0.15) is 0 Å². The normalized spacial score (nSPS) is 10.5. The van der Waals surface area contributed by atoms with E-state index in [1.165, 1.54) is 0 Å². The molecule has 0 aromatic rings. The van der Waals surface area contributed by atoms with E-state index in [4.69, 9.17) is 32.1 Å². The van der Waals surface area contributed by atoms with Crippen LogP contribution in [0.2, 0.25) is 0 Å². The third kappa shape index (κ3) is 483. The first kappa shape index (κ1) is 18.3. The molecule has 64 valence electrons. The zero-order valence-electron chi connectivity index (χ0n) is 4.58. The number of rotatable bonds is 0. The maximum atomic E-state index is 8.59. The first-order valence-electron chi connectivity index (χ1n) is 1.33. The quantitative estimate of drug-likeness (QED) is 0.346. The van der Waals surface area contributed by atoms with E-state index in [1.54, 1.807) is 0 Å². The predicted octanol–water partition coefficient (Wildman–Crippen LogP) is -5.99. The van der Waals surface area contributed by atoms with Crippen LogP contribution >= 0.6 is 0 Å². The minimum absolute atomic E-state index is 0. The third-order valence-corrected chi connectivity index (χ3v) is 0. The molecule has 0 N–H and O–H groups in total. The van der Waals surface area contributed by atoms with Gasteiger partial charge in [0.15, 0.2) is 0 Å². The first-order chi connectivity index (χ1) is 4.00. The molecule has 0 rings (SSSR count). The Hall–Kier alpha value is 1.46. The summed E-state index contributed by atoms with van der Waals surface area (Å²) in [6.07, 6.45) is 0. The molecule has 0 amide bonds. The van der Waals surface area contributed by atoms with Gasteiger partial charge >= 0.3 is 101 Å². The van der Waals surface area contributed by atoms with Gasteiger partial charge in [0.25, 0.3) is 0 Å². The Labute approximate surface area is 99.2 Å². The first-order valence-corrected chi connectivity index (χ1v) is 6.93. The molecule has 0 aliphatic carbocycles. The van der Waals surface area contributed by atoms with Gasteiger partial charge in [-0.1, -0.05) is 0 Å². The molecule has 0 fully saturated rings. The summed E-state index contributed by atoms with van der Waals surface area (Å²) in [5, 5.41) is 0. The standard InChI is InChI=1S/Ce.2H2O4Se/c;2*1-5(2,3)4/h;2*(H2,1,2,3,4)/q+4;;/p-4. The third-order valence-electron chi connectivity index (χ3n) is 0. The molecule has 0 aromatic heterocycles. The SMILES string of the molecule is O=[Se](=O)([O-])[O-].O=[Se](=O)([O-])[O-].[Ce+4]. The molecule has 0 aromatic carbocycles. The summed E-state index contributed by atoms with van der Waals surface area (Å²) in [6.45, 7) is 0. The Morgan fingerprint density at radius 1 is 0.636 bits per heavy atom. The molecular formula is CeO8Se2. The maximum Gasteiger partial charge on any atom is 4.00 e. The number of hydrogen-bond donors (Lipinski definition) is 0. The summed E-state index contributed by atoms with van der Waals surface area (Å²) in [5.41, 5.74) is 0. The molecule has 0 heterocycles. The molecule has 0 atom stereocenters. The van der Waals surface area contributed by atoms with Crippen LogP contribution in [0.5, 0.6) is 0 Å². The smallest absolute Gasteiger partial charge is 4.00 e. The molecule has 8 nitrogen and oxygen atoms in total. The molecule has 0 unspecified atom stereocenters. The van der Waals surface area contributed by atoms with Crippen molar-refractivity contribution in [2.45, 2.75) is 0 Å². The van der Waals surface area contributed by atoms with Gasteiger partial charge < -0.3 is 0 Å². The Morgan fingerprint density at radius 2 is 0.636 bits per heavy atom. The van der Waals surface area contributed by atoms with E-state index >= 15 is 0 Å². The van der Waals surface area contributed by atoms with E-state index in [2.05, 4.69) is 0 Å². The molecular weight excluding hydrogens is 426 g/mol. The Bertz CT molecular complexity index is 208. The van der Waals surface area contributed by atoms with Crippen molar-refractivity contribution >= 4 is 26.7 Å². The average Bonchev–Trinajstić information content (AvgIpc) is 1.12. The van der Waals surface area contributed by atoms with Gasteiger partial charge in [0.1, 0.15) is 0 Å². The van der Waals surface area contributed by atoms with E-state index in [1.807, 2.05) is 0 Å². The Kier molecular flexibility index (Phi) is 11.5. The summed E-state index contributed by atoms with van der Waals surface area (Å²) in [4.78, 5) is 0. The topological polar surface area (TPSA) is 161 Å². The molecule has 0 saturated carbocycles. The van der Waals surface area contributed by atoms with Crippen molar-refractivity contribution in [3.8, 4) is 0 Å². The van der Waals surface area contributed by atoms with Crippen LogP contribution in [0.3, 0.4) is 0 Å². The number of hydrogen-bond acceptors (Lipinski definition) is 8. The zero-order valence-corrected chi connectivity index (χ0v) is 11.1. The second-order valence-electron chi connectivity index (χ2n) is 0.816. The van der Waals surface area contributed by atoms with Crippen LogP contribution in [0.4, 0.5) is 0 Å². The minimum atomic E-state index is -5.75. The summed E-state index contributed by atoms with van der Waals surface area (Å²) in [6, 6.07) is 0. The van der Waals surface area contributed by atoms with Crippen molar-refractivity contribution in [2.24, 2.45) is 0 Å². The van der Waals surface area contributed by atoms with Crippen LogP contribution in [0.15, 0.2) is 0 Å². The zero-order chi connectivity index (χ0) is 9.00. The average molecular weight is 426 g/mol. The van der Waals surface area contributed by atoms with Crippen LogP contribution in [-0.2, 0) is 15.3 Å². The molecule has 0 radical (unpaired) electrons. The van der Waals surface area contributed by atoms with Gasteiger partial charge in [0.2, 0.25) is 0 Å².